The largest absolute Gasteiger partial charge is 0.407 e. The maximum absolute atomic E-state index is 10.1. The lowest BCUT2D eigenvalue weighted by Crippen LogP contribution is -2.66. The van der Waals surface area contributed by atoms with E-state index in [1.165, 1.54) is 10.4 Å². The molecule has 0 fully saturated rings. The van der Waals surface area contributed by atoms with E-state index in [1.54, 1.807) is 0 Å². The molecule has 0 aliphatic heterocycles. The minimum absolute atomic E-state index is 0.0793. The number of hydrogen-bond donors (Lipinski definition) is 2. The lowest BCUT2D eigenvalue weighted by Gasteiger charge is -2.43. The monoisotopic (exact) mass is 372 g/mol. The molecule has 0 aliphatic rings. The molecule has 0 saturated carbocycles. The maximum Gasteiger partial charge on any atom is 0.261 e. The van der Waals surface area contributed by atoms with Crippen molar-refractivity contribution in [2.45, 2.75) is 57.8 Å². The Morgan fingerprint density at radius 3 is 1.69 bits per heavy atom. The minimum atomic E-state index is -2.55. The van der Waals surface area contributed by atoms with E-state index < -0.39 is 20.5 Å². The lowest BCUT2D eigenvalue weighted by molar-refractivity contribution is 0.00502. The number of aliphatic hydroxyl groups is 2. The van der Waals surface area contributed by atoms with Gasteiger partial charge >= 0.3 is 0 Å². The molecule has 0 radical (unpaired) electrons. The zero-order chi connectivity index (χ0) is 19.2. The van der Waals surface area contributed by atoms with Gasteiger partial charge in [-0.05, 0) is 28.3 Å². The predicted octanol–water partition coefficient (Wildman–Crippen LogP) is 3.08. The highest BCUT2D eigenvalue weighted by molar-refractivity contribution is 6.99. The standard InChI is InChI=1S/C22H32O3Si/c1-5-20(23)21(24)16-17-25-26(22(2,3)4,18-12-8-6-9-13-18)19-14-10-7-11-15-19/h6-15,20-21,23-24H,5,16-17H2,1-4H3/t20-,21-/m1/s1. The van der Waals surface area contributed by atoms with Gasteiger partial charge in [-0.25, -0.2) is 0 Å². The first-order chi connectivity index (χ1) is 12.3. The Hall–Kier alpha value is -1.46. The Balaban J connectivity index is 2.41. The summed E-state index contributed by atoms with van der Waals surface area (Å²) in [6.07, 6.45) is -0.476. The summed E-state index contributed by atoms with van der Waals surface area (Å²) in [5.41, 5.74) is 0. The van der Waals surface area contributed by atoms with Crippen LogP contribution < -0.4 is 10.4 Å². The number of rotatable bonds is 8. The van der Waals surface area contributed by atoms with Crippen molar-refractivity contribution in [3.05, 3.63) is 60.7 Å². The SMILES string of the molecule is CC[C@@H](O)[C@H](O)CCO[Si](c1ccccc1)(c1ccccc1)C(C)(C)C. The maximum atomic E-state index is 10.1. The molecule has 2 aromatic rings. The molecule has 0 saturated heterocycles. The van der Waals surface area contributed by atoms with Crippen LogP contribution in [0.1, 0.15) is 40.5 Å². The highest BCUT2D eigenvalue weighted by Gasteiger charge is 2.50. The average molecular weight is 373 g/mol. The number of aliphatic hydroxyl groups excluding tert-OH is 2. The molecule has 3 nitrogen and oxygen atoms in total. The van der Waals surface area contributed by atoms with Gasteiger partial charge < -0.3 is 14.6 Å². The van der Waals surface area contributed by atoms with Crippen molar-refractivity contribution in [1.29, 1.82) is 0 Å². The number of hydrogen-bond acceptors (Lipinski definition) is 3. The van der Waals surface area contributed by atoms with E-state index >= 15 is 0 Å². The molecule has 26 heavy (non-hydrogen) atoms. The topological polar surface area (TPSA) is 49.7 Å². The van der Waals surface area contributed by atoms with Crippen LogP contribution >= 0.6 is 0 Å². The van der Waals surface area contributed by atoms with Crippen molar-refractivity contribution in [2.24, 2.45) is 0 Å². The molecule has 2 aromatic carbocycles. The van der Waals surface area contributed by atoms with Crippen LogP contribution in [-0.2, 0) is 4.43 Å². The summed E-state index contributed by atoms with van der Waals surface area (Å²) in [4.78, 5) is 0. The summed E-state index contributed by atoms with van der Waals surface area (Å²) < 4.78 is 6.70. The molecule has 0 aliphatic carbocycles. The molecule has 2 rings (SSSR count). The predicted molar refractivity (Wildman–Crippen MR) is 110 cm³/mol. The van der Waals surface area contributed by atoms with Crippen LogP contribution in [0.3, 0.4) is 0 Å². The first-order valence-electron chi connectivity index (χ1n) is 9.44. The summed E-state index contributed by atoms with van der Waals surface area (Å²) in [5, 5.41) is 22.4. The van der Waals surface area contributed by atoms with E-state index in [4.69, 9.17) is 4.43 Å². The van der Waals surface area contributed by atoms with Crippen LogP contribution in [0.15, 0.2) is 60.7 Å². The van der Waals surface area contributed by atoms with E-state index in [9.17, 15) is 10.2 Å². The van der Waals surface area contributed by atoms with Gasteiger partial charge in [0.2, 0.25) is 0 Å². The van der Waals surface area contributed by atoms with Crippen molar-refractivity contribution >= 4 is 18.7 Å². The lowest BCUT2D eigenvalue weighted by atomic mass is 10.1. The molecular weight excluding hydrogens is 340 g/mol. The van der Waals surface area contributed by atoms with E-state index in [0.29, 0.717) is 19.4 Å². The highest BCUT2D eigenvalue weighted by atomic mass is 28.4. The van der Waals surface area contributed by atoms with Gasteiger partial charge in [-0.15, -0.1) is 0 Å². The van der Waals surface area contributed by atoms with Crippen molar-refractivity contribution < 1.29 is 14.6 Å². The quantitative estimate of drug-likeness (QED) is 0.700. The van der Waals surface area contributed by atoms with Gasteiger partial charge in [0.1, 0.15) is 0 Å². The number of benzene rings is 2. The average Bonchev–Trinajstić information content (AvgIpc) is 2.64. The summed E-state index contributed by atoms with van der Waals surface area (Å²) in [6, 6.07) is 20.9. The molecule has 142 valence electrons. The fraction of sp³-hybridized carbons (Fsp3) is 0.455. The summed E-state index contributed by atoms with van der Waals surface area (Å²) in [5.74, 6) is 0. The highest BCUT2D eigenvalue weighted by Crippen LogP contribution is 2.36. The summed E-state index contributed by atoms with van der Waals surface area (Å²) in [7, 11) is -2.55. The van der Waals surface area contributed by atoms with Crippen LogP contribution in [0, 0.1) is 0 Å². The van der Waals surface area contributed by atoms with Crippen LogP contribution in [0.2, 0.25) is 5.04 Å². The Labute approximate surface area is 158 Å². The fourth-order valence-corrected chi connectivity index (χ4v) is 8.14. The third-order valence-corrected chi connectivity index (χ3v) is 10.1. The summed E-state index contributed by atoms with van der Waals surface area (Å²) >= 11 is 0. The van der Waals surface area contributed by atoms with E-state index in [-0.39, 0.29) is 5.04 Å². The van der Waals surface area contributed by atoms with Crippen molar-refractivity contribution in [2.75, 3.05) is 6.61 Å². The normalized spacial score (nSPS) is 14.8. The van der Waals surface area contributed by atoms with Gasteiger partial charge in [0, 0.05) is 6.61 Å². The van der Waals surface area contributed by atoms with Crippen molar-refractivity contribution in [1.82, 2.24) is 0 Å². The molecule has 0 amide bonds. The molecule has 2 N–H and O–H groups in total. The second kappa shape index (κ2) is 8.96. The molecular formula is C22H32O3Si. The zero-order valence-corrected chi connectivity index (χ0v) is 17.4. The Bertz CT molecular complexity index is 613. The molecule has 2 atom stereocenters. The van der Waals surface area contributed by atoms with Crippen molar-refractivity contribution in [3.8, 4) is 0 Å². The fourth-order valence-electron chi connectivity index (χ4n) is 3.56. The second-order valence-corrected chi connectivity index (χ2v) is 12.1. The minimum Gasteiger partial charge on any atom is -0.407 e. The molecule has 0 aromatic heterocycles. The van der Waals surface area contributed by atoms with E-state index in [2.05, 4.69) is 69.3 Å². The van der Waals surface area contributed by atoms with E-state index in [0.717, 1.165) is 0 Å². The summed E-state index contributed by atoms with van der Waals surface area (Å²) in [6.45, 7) is 8.99. The molecule has 0 spiro atoms. The van der Waals surface area contributed by atoms with Gasteiger partial charge in [-0.1, -0.05) is 88.4 Å². The first-order valence-corrected chi connectivity index (χ1v) is 11.3. The Kier molecular flexibility index (Phi) is 7.18. The first kappa shape index (κ1) is 20.8. The molecule has 0 unspecified atom stereocenters. The van der Waals surface area contributed by atoms with Crippen molar-refractivity contribution in [3.63, 3.8) is 0 Å². The third-order valence-electron chi connectivity index (χ3n) is 5.01. The zero-order valence-electron chi connectivity index (χ0n) is 16.4. The van der Waals surface area contributed by atoms with Crippen LogP contribution in [0.25, 0.3) is 0 Å². The van der Waals surface area contributed by atoms with Crippen LogP contribution in [0.4, 0.5) is 0 Å². The molecule has 0 heterocycles. The molecule has 0 bridgehead atoms. The van der Waals surface area contributed by atoms with Gasteiger partial charge in [0.05, 0.1) is 12.2 Å². The Morgan fingerprint density at radius 2 is 1.31 bits per heavy atom. The van der Waals surface area contributed by atoms with Crippen LogP contribution in [0.5, 0.6) is 0 Å². The third kappa shape index (κ3) is 4.44. The van der Waals surface area contributed by atoms with Gasteiger partial charge in [0.25, 0.3) is 8.32 Å². The second-order valence-electron chi connectivity index (χ2n) is 7.84. The smallest absolute Gasteiger partial charge is 0.261 e. The molecule has 4 heteroatoms. The van der Waals surface area contributed by atoms with Crippen LogP contribution in [-0.4, -0.2) is 37.3 Å². The van der Waals surface area contributed by atoms with Gasteiger partial charge in [-0.3, -0.25) is 0 Å². The van der Waals surface area contributed by atoms with Gasteiger partial charge in [-0.2, -0.15) is 0 Å². The van der Waals surface area contributed by atoms with E-state index in [1.807, 2.05) is 19.1 Å². The Morgan fingerprint density at radius 1 is 0.846 bits per heavy atom. The van der Waals surface area contributed by atoms with Gasteiger partial charge in [0.15, 0.2) is 0 Å².